The Hall–Kier alpha value is -1.17. The second-order valence-electron chi connectivity index (χ2n) is 6.08. The van der Waals surface area contributed by atoms with Gasteiger partial charge in [-0.1, -0.05) is 6.08 Å². The molecule has 0 radical (unpaired) electrons. The van der Waals surface area contributed by atoms with Crippen molar-refractivity contribution >= 4 is 19.5 Å². The lowest BCUT2D eigenvalue weighted by Crippen LogP contribution is -2.22. The summed E-state index contributed by atoms with van der Waals surface area (Å²) in [6, 6.07) is 0. The third-order valence-electron chi connectivity index (χ3n) is 2.44. The van der Waals surface area contributed by atoms with Crippen LogP contribution in [0.15, 0.2) is 12.2 Å². The number of carbonyl (C=O) groups excluding carboxylic acids is 2. The summed E-state index contributed by atoms with van der Waals surface area (Å²) in [6.45, 7) is 10.7. The molecular weight excluding hydrogens is 335 g/mol. The van der Waals surface area contributed by atoms with Crippen LogP contribution in [0.3, 0.4) is 0 Å². The average molecular weight is 364 g/mol. The molecule has 0 amide bonds. The van der Waals surface area contributed by atoms with Crippen LogP contribution in [0.4, 0.5) is 0 Å². The van der Waals surface area contributed by atoms with E-state index >= 15 is 0 Å². The van der Waals surface area contributed by atoms with E-state index in [2.05, 4.69) is 0 Å². The SMILES string of the molecule is CCOP(=O)(CC(=O)O[C@@H](C)C/C=C/C(=O)OC(C)(C)C)OCC. The molecular formula is C16H29O7P. The highest BCUT2D eigenvalue weighted by molar-refractivity contribution is 7.54. The Morgan fingerprint density at radius 2 is 1.67 bits per heavy atom. The molecule has 0 aromatic heterocycles. The van der Waals surface area contributed by atoms with Gasteiger partial charge in [-0.2, -0.15) is 0 Å². The fraction of sp³-hybridized carbons (Fsp3) is 0.750. The molecule has 0 heterocycles. The standard InChI is InChI=1S/C16H29O7P/c1-7-20-24(19,21-8-2)12-15(18)22-13(3)10-9-11-14(17)23-16(4,5)6/h9,11,13H,7-8,10,12H2,1-6H3/b11-9+/t13-/m0/s1. The van der Waals surface area contributed by atoms with Crippen molar-refractivity contribution in [3.8, 4) is 0 Å². The van der Waals surface area contributed by atoms with Gasteiger partial charge in [0.1, 0.15) is 17.9 Å². The fourth-order valence-corrected chi connectivity index (χ4v) is 3.12. The Kier molecular flexibility index (Phi) is 10.1. The second-order valence-corrected chi connectivity index (χ2v) is 8.13. The Labute approximate surface area is 144 Å². The molecule has 0 unspecified atom stereocenters. The van der Waals surface area contributed by atoms with Crippen molar-refractivity contribution in [1.29, 1.82) is 0 Å². The van der Waals surface area contributed by atoms with Crippen molar-refractivity contribution in [2.24, 2.45) is 0 Å². The molecule has 0 bridgehead atoms. The maximum absolute atomic E-state index is 12.2. The predicted octanol–water partition coefficient (Wildman–Crippen LogP) is 3.47. The zero-order valence-electron chi connectivity index (χ0n) is 15.4. The first-order chi connectivity index (χ1) is 11.0. The summed E-state index contributed by atoms with van der Waals surface area (Å²) >= 11 is 0. The quantitative estimate of drug-likeness (QED) is 0.333. The number of ether oxygens (including phenoxy) is 2. The number of hydrogen-bond acceptors (Lipinski definition) is 7. The number of hydrogen-bond donors (Lipinski definition) is 0. The van der Waals surface area contributed by atoms with E-state index in [4.69, 9.17) is 18.5 Å². The first-order valence-corrected chi connectivity index (χ1v) is 9.71. The minimum Gasteiger partial charge on any atom is -0.462 e. The van der Waals surface area contributed by atoms with Crippen molar-refractivity contribution < 1.29 is 32.7 Å². The van der Waals surface area contributed by atoms with Crippen LogP contribution < -0.4 is 0 Å². The van der Waals surface area contributed by atoms with Crippen LogP contribution in [0.25, 0.3) is 0 Å². The van der Waals surface area contributed by atoms with Crippen molar-refractivity contribution in [2.45, 2.75) is 59.7 Å². The van der Waals surface area contributed by atoms with Gasteiger partial charge in [0.05, 0.1) is 13.2 Å². The summed E-state index contributed by atoms with van der Waals surface area (Å²) in [5.74, 6) is -1.13. The van der Waals surface area contributed by atoms with Gasteiger partial charge in [-0.3, -0.25) is 9.36 Å². The molecule has 0 aromatic rings. The Balaban J connectivity index is 4.36. The highest BCUT2D eigenvalue weighted by Gasteiger charge is 2.29. The zero-order chi connectivity index (χ0) is 18.8. The zero-order valence-corrected chi connectivity index (χ0v) is 16.3. The molecule has 0 saturated carbocycles. The Morgan fingerprint density at radius 3 is 2.12 bits per heavy atom. The third-order valence-corrected chi connectivity index (χ3v) is 4.38. The molecule has 0 aliphatic heterocycles. The van der Waals surface area contributed by atoms with Crippen LogP contribution in [0.2, 0.25) is 0 Å². The normalized spacial score (nSPS) is 13.8. The van der Waals surface area contributed by atoms with Gasteiger partial charge in [-0.05, 0) is 41.5 Å². The van der Waals surface area contributed by atoms with E-state index < -0.39 is 37.4 Å². The molecule has 0 N–H and O–H groups in total. The van der Waals surface area contributed by atoms with Gasteiger partial charge in [-0.15, -0.1) is 0 Å². The molecule has 0 rings (SSSR count). The molecule has 0 spiro atoms. The largest absolute Gasteiger partial charge is 0.462 e. The molecule has 24 heavy (non-hydrogen) atoms. The van der Waals surface area contributed by atoms with Crippen LogP contribution in [-0.4, -0.2) is 43.0 Å². The third kappa shape index (κ3) is 11.4. The first kappa shape index (κ1) is 22.8. The van der Waals surface area contributed by atoms with E-state index in [1.807, 2.05) is 0 Å². The van der Waals surface area contributed by atoms with Gasteiger partial charge >= 0.3 is 19.5 Å². The van der Waals surface area contributed by atoms with Gasteiger partial charge in [0.25, 0.3) is 0 Å². The van der Waals surface area contributed by atoms with Crippen LogP contribution in [0.5, 0.6) is 0 Å². The van der Waals surface area contributed by atoms with Crippen LogP contribution in [-0.2, 0) is 32.7 Å². The summed E-state index contributed by atoms with van der Waals surface area (Å²) in [5.41, 5.74) is -0.556. The van der Waals surface area contributed by atoms with E-state index in [0.29, 0.717) is 6.42 Å². The summed E-state index contributed by atoms with van der Waals surface area (Å²) in [4.78, 5) is 23.3. The predicted molar refractivity (Wildman–Crippen MR) is 90.9 cm³/mol. The monoisotopic (exact) mass is 364 g/mol. The van der Waals surface area contributed by atoms with E-state index in [-0.39, 0.29) is 13.2 Å². The second kappa shape index (κ2) is 10.6. The van der Waals surface area contributed by atoms with E-state index in [9.17, 15) is 14.2 Å². The topological polar surface area (TPSA) is 88.1 Å². The van der Waals surface area contributed by atoms with Crippen molar-refractivity contribution in [3.63, 3.8) is 0 Å². The number of esters is 2. The van der Waals surface area contributed by atoms with E-state index in [0.717, 1.165) is 0 Å². The lowest BCUT2D eigenvalue weighted by molar-refractivity contribution is -0.148. The molecule has 0 fully saturated rings. The molecule has 0 aliphatic carbocycles. The fourth-order valence-electron chi connectivity index (χ4n) is 1.68. The summed E-state index contributed by atoms with van der Waals surface area (Å²) in [5, 5.41) is 0. The summed E-state index contributed by atoms with van der Waals surface area (Å²) < 4.78 is 32.6. The van der Waals surface area contributed by atoms with Crippen molar-refractivity contribution in [1.82, 2.24) is 0 Å². The number of carbonyl (C=O) groups is 2. The van der Waals surface area contributed by atoms with E-state index in [1.165, 1.54) is 6.08 Å². The Morgan fingerprint density at radius 1 is 1.12 bits per heavy atom. The van der Waals surface area contributed by atoms with Crippen LogP contribution in [0.1, 0.15) is 48.0 Å². The first-order valence-electron chi connectivity index (χ1n) is 7.98. The number of rotatable bonds is 10. The van der Waals surface area contributed by atoms with Gasteiger partial charge in [0.15, 0.2) is 0 Å². The lowest BCUT2D eigenvalue weighted by Gasteiger charge is -2.18. The molecule has 1 atom stereocenters. The lowest BCUT2D eigenvalue weighted by atomic mass is 10.2. The smallest absolute Gasteiger partial charge is 0.341 e. The molecule has 0 saturated heterocycles. The highest BCUT2D eigenvalue weighted by atomic mass is 31.2. The Bertz CT molecular complexity index is 469. The van der Waals surface area contributed by atoms with Gasteiger partial charge < -0.3 is 18.5 Å². The highest BCUT2D eigenvalue weighted by Crippen LogP contribution is 2.47. The van der Waals surface area contributed by atoms with Crippen molar-refractivity contribution in [3.05, 3.63) is 12.2 Å². The summed E-state index contributed by atoms with van der Waals surface area (Å²) in [7, 11) is -3.46. The minimum absolute atomic E-state index is 0.179. The maximum atomic E-state index is 12.2. The average Bonchev–Trinajstić information content (AvgIpc) is 2.35. The van der Waals surface area contributed by atoms with E-state index in [1.54, 1.807) is 47.6 Å². The maximum Gasteiger partial charge on any atom is 0.341 e. The van der Waals surface area contributed by atoms with Crippen LogP contribution >= 0.6 is 7.60 Å². The molecule has 7 nitrogen and oxygen atoms in total. The van der Waals surface area contributed by atoms with Gasteiger partial charge in [-0.25, -0.2) is 4.79 Å². The van der Waals surface area contributed by atoms with Gasteiger partial charge in [0.2, 0.25) is 0 Å². The van der Waals surface area contributed by atoms with Gasteiger partial charge in [0, 0.05) is 12.5 Å². The molecule has 0 aromatic carbocycles. The molecule has 140 valence electrons. The van der Waals surface area contributed by atoms with Crippen molar-refractivity contribution in [2.75, 3.05) is 19.4 Å². The minimum atomic E-state index is -3.46. The molecule has 8 heteroatoms. The summed E-state index contributed by atoms with van der Waals surface area (Å²) in [6.07, 6.45) is 2.28. The molecule has 0 aliphatic rings. The van der Waals surface area contributed by atoms with Crippen LogP contribution in [0, 0.1) is 0 Å².